The van der Waals surface area contributed by atoms with Gasteiger partial charge in [0.05, 0.1) is 12.4 Å². The number of carboxylic acids is 1. The van der Waals surface area contributed by atoms with Gasteiger partial charge in [-0.2, -0.15) is 0 Å². The SMILES string of the molecule is CC(C)C(NC(=O)C(N)Cc1c[nH]c2ccccc12)C(=O)NC(CCCN=C(N)N)C(=O)NC(Cc1cnc[nH]1)C(=O)O. The van der Waals surface area contributed by atoms with Gasteiger partial charge in [0.15, 0.2) is 5.96 Å². The highest BCUT2D eigenvalue weighted by Gasteiger charge is 2.32. The molecule has 43 heavy (non-hydrogen) atoms. The summed E-state index contributed by atoms with van der Waals surface area (Å²) < 4.78 is 0. The molecular weight excluding hydrogens is 556 g/mol. The molecule has 15 heteroatoms. The van der Waals surface area contributed by atoms with Crippen molar-refractivity contribution < 1.29 is 24.3 Å². The van der Waals surface area contributed by atoms with Crippen LogP contribution in [0.2, 0.25) is 0 Å². The topological polar surface area (TPSA) is 259 Å². The van der Waals surface area contributed by atoms with E-state index in [1.165, 1.54) is 12.5 Å². The zero-order valence-electron chi connectivity index (χ0n) is 24.2. The molecule has 12 N–H and O–H groups in total. The Morgan fingerprint density at radius 2 is 1.70 bits per heavy atom. The molecule has 1 aromatic carbocycles. The molecule has 0 aliphatic rings. The Balaban J connectivity index is 1.69. The predicted molar refractivity (Wildman–Crippen MR) is 160 cm³/mol. The molecule has 0 bridgehead atoms. The van der Waals surface area contributed by atoms with Gasteiger partial charge in [-0.1, -0.05) is 32.0 Å². The van der Waals surface area contributed by atoms with Crippen LogP contribution in [0, 0.1) is 5.92 Å². The van der Waals surface area contributed by atoms with Gasteiger partial charge in [-0.05, 0) is 36.8 Å². The summed E-state index contributed by atoms with van der Waals surface area (Å²) in [5.41, 5.74) is 19.3. The number of aromatic amines is 2. The summed E-state index contributed by atoms with van der Waals surface area (Å²) in [6.07, 6.45) is 5.25. The minimum absolute atomic E-state index is 0.0469. The van der Waals surface area contributed by atoms with Gasteiger partial charge in [0.25, 0.3) is 0 Å². The summed E-state index contributed by atoms with van der Waals surface area (Å²) in [6.45, 7) is 3.67. The first-order chi connectivity index (χ1) is 20.5. The van der Waals surface area contributed by atoms with E-state index < -0.39 is 47.9 Å². The number of benzene rings is 1. The van der Waals surface area contributed by atoms with E-state index in [1.807, 2.05) is 24.3 Å². The Hall–Kier alpha value is -4.92. The molecule has 0 spiro atoms. The second kappa shape index (κ2) is 15.3. The maximum Gasteiger partial charge on any atom is 0.326 e. The quantitative estimate of drug-likeness (QED) is 0.0571. The highest BCUT2D eigenvalue weighted by Crippen LogP contribution is 2.19. The van der Waals surface area contributed by atoms with Gasteiger partial charge in [-0.3, -0.25) is 19.4 Å². The third-order valence-corrected chi connectivity index (χ3v) is 6.87. The van der Waals surface area contributed by atoms with Gasteiger partial charge in [-0.25, -0.2) is 9.78 Å². The van der Waals surface area contributed by atoms with E-state index in [4.69, 9.17) is 17.2 Å². The molecule has 0 saturated carbocycles. The molecular formula is C28H40N10O5. The standard InChI is InChI=1S/C28H40N10O5/c1-15(2)23(38-24(39)19(29)10-16-12-34-20-7-4-3-6-18(16)20)26(41)36-21(8-5-9-33-28(30)31)25(40)37-22(27(42)43)11-17-13-32-14-35-17/h3-4,6-7,12-15,19,21-23,34H,5,8-11,29H2,1-2H3,(H,32,35)(H,36,41)(H,37,40)(H,38,39)(H,42,43)(H4,30,31,33). The Kier molecular flexibility index (Phi) is 11.6. The average molecular weight is 597 g/mol. The molecule has 0 radical (unpaired) electrons. The Morgan fingerprint density at radius 3 is 2.35 bits per heavy atom. The summed E-state index contributed by atoms with van der Waals surface area (Å²) in [5, 5.41) is 18.5. The molecule has 0 saturated heterocycles. The van der Waals surface area contributed by atoms with Crippen molar-refractivity contribution in [3.8, 4) is 0 Å². The number of H-pyrrole nitrogens is 2. The van der Waals surface area contributed by atoms with E-state index >= 15 is 0 Å². The van der Waals surface area contributed by atoms with Gasteiger partial charge in [0.1, 0.15) is 18.1 Å². The monoisotopic (exact) mass is 596 g/mol. The normalized spacial score (nSPS) is 14.0. The lowest BCUT2D eigenvalue weighted by Gasteiger charge is -2.27. The van der Waals surface area contributed by atoms with Crippen molar-refractivity contribution in [1.29, 1.82) is 0 Å². The van der Waals surface area contributed by atoms with Crippen LogP contribution in [0.3, 0.4) is 0 Å². The molecule has 4 unspecified atom stereocenters. The van der Waals surface area contributed by atoms with Crippen molar-refractivity contribution in [3.63, 3.8) is 0 Å². The minimum Gasteiger partial charge on any atom is -0.480 e. The van der Waals surface area contributed by atoms with Crippen LogP contribution in [0.15, 0.2) is 48.0 Å². The Morgan fingerprint density at radius 1 is 0.977 bits per heavy atom. The first-order valence-corrected chi connectivity index (χ1v) is 13.9. The number of nitrogens with zero attached hydrogens (tertiary/aromatic N) is 2. The fraction of sp³-hybridized carbons (Fsp3) is 0.429. The van der Waals surface area contributed by atoms with E-state index in [2.05, 4.69) is 35.9 Å². The highest BCUT2D eigenvalue weighted by atomic mass is 16.4. The molecule has 3 rings (SSSR count). The number of nitrogens with one attached hydrogen (secondary N) is 5. The molecule has 2 aromatic heterocycles. The average Bonchev–Trinajstić information content (AvgIpc) is 3.62. The van der Waals surface area contributed by atoms with E-state index in [0.29, 0.717) is 12.1 Å². The zero-order valence-corrected chi connectivity index (χ0v) is 24.2. The third kappa shape index (κ3) is 9.56. The van der Waals surface area contributed by atoms with Crippen LogP contribution in [0.1, 0.15) is 37.9 Å². The van der Waals surface area contributed by atoms with E-state index in [9.17, 15) is 24.3 Å². The summed E-state index contributed by atoms with van der Waals surface area (Å²) in [4.78, 5) is 65.3. The molecule has 0 aliphatic carbocycles. The Labute approximate surface area is 248 Å². The highest BCUT2D eigenvalue weighted by molar-refractivity contribution is 5.94. The molecule has 0 fully saturated rings. The fourth-order valence-electron chi connectivity index (χ4n) is 4.55. The largest absolute Gasteiger partial charge is 0.480 e. The lowest BCUT2D eigenvalue weighted by atomic mass is 10.00. The zero-order chi connectivity index (χ0) is 31.5. The smallest absolute Gasteiger partial charge is 0.326 e. The van der Waals surface area contributed by atoms with Crippen LogP contribution in [0.5, 0.6) is 0 Å². The van der Waals surface area contributed by atoms with Crippen molar-refractivity contribution in [2.45, 2.75) is 63.7 Å². The predicted octanol–water partition coefficient (Wildman–Crippen LogP) is -0.748. The maximum absolute atomic E-state index is 13.4. The van der Waals surface area contributed by atoms with Crippen molar-refractivity contribution in [3.05, 3.63) is 54.2 Å². The number of carboxylic acid groups (broad SMARTS) is 1. The minimum atomic E-state index is -1.28. The second-order valence-corrected chi connectivity index (χ2v) is 10.6. The maximum atomic E-state index is 13.4. The summed E-state index contributed by atoms with van der Waals surface area (Å²) >= 11 is 0. The number of imidazole rings is 1. The fourth-order valence-corrected chi connectivity index (χ4v) is 4.55. The van der Waals surface area contributed by atoms with Gasteiger partial charge in [0, 0.05) is 42.0 Å². The number of fused-ring (bicyclic) bond motifs is 1. The van der Waals surface area contributed by atoms with E-state index in [-0.39, 0.29) is 37.7 Å². The van der Waals surface area contributed by atoms with Gasteiger partial charge < -0.3 is 48.2 Å². The van der Waals surface area contributed by atoms with Crippen molar-refractivity contribution in [1.82, 2.24) is 30.9 Å². The number of aromatic nitrogens is 3. The van der Waals surface area contributed by atoms with E-state index in [0.717, 1.165) is 16.5 Å². The molecule has 232 valence electrons. The van der Waals surface area contributed by atoms with Crippen molar-refractivity contribution >= 4 is 40.6 Å². The lowest BCUT2D eigenvalue weighted by molar-refractivity contribution is -0.142. The summed E-state index contributed by atoms with van der Waals surface area (Å²) in [6, 6.07) is 3.26. The number of aliphatic carboxylic acids is 1. The van der Waals surface area contributed by atoms with Crippen LogP contribution in [0.25, 0.3) is 10.9 Å². The van der Waals surface area contributed by atoms with Gasteiger partial charge in [0.2, 0.25) is 17.7 Å². The van der Waals surface area contributed by atoms with Crippen LogP contribution >= 0.6 is 0 Å². The lowest BCUT2D eigenvalue weighted by Crippen LogP contribution is -2.58. The van der Waals surface area contributed by atoms with Gasteiger partial charge >= 0.3 is 5.97 Å². The summed E-state index contributed by atoms with van der Waals surface area (Å²) in [5.74, 6) is -3.60. The van der Waals surface area contributed by atoms with Crippen molar-refractivity contribution in [2.24, 2.45) is 28.1 Å². The van der Waals surface area contributed by atoms with E-state index in [1.54, 1.807) is 20.0 Å². The van der Waals surface area contributed by atoms with Crippen LogP contribution < -0.4 is 33.2 Å². The number of guanidine groups is 1. The number of hydrogen-bond acceptors (Lipinski definition) is 7. The molecule has 3 aromatic rings. The van der Waals surface area contributed by atoms with Crippen LogP contribution in [0.4, 0.5) is 0 Å². The van der Waals surface area contributed by atoms with Gasteiger partial charge in [-0.15, -0.1) is 0 Å². The summed E-state index contributed by atoms with van der Waals surface area (Å²) in [7, 11) is 0. The number of nitrogens with two attached hydrogens (primary N) is 3. The number of para-hydroxylation sites is 1. The number of rotatable bonds is 16. The second-order valence-electron chi connectivity index (χ2n) is 10.6. The number of carbonyl (C=O) groups excluding carboxylic acids is 3. The molecule has 0 aliphatic heterocycles. The molecule has 4 atom stereocenters. The molecule has 15 nitrogen and oxygen atoms in total. The van der Waals surface area contributed by atoms with Crippen molar-refractivity contribution in [2.75, 3.05) is 6.54 Å². The Bertz CT molecular complexity index is 1410. The third-order valence-electron chi connectivity index (χ3n) is 6.87. The van der Waals surface area contributed by atoms with Crippen LogP contribution in [-0.4, -0.2) is 80.4 Å². The first-order valence-electron chi connectivity index (χ1n) is 13.9. The van der Waals surface area contributed by atoms with Crippen LogP contribution in [-0.2, 0) is 32.0 Å². The number of amides is 3. The number of aliphatic imine (C=N–C) groups is 1. The molecule has 2 heterocycles. The number of carbonyl (C=O) groups is 4. The number of hydrogen-bond donors (Lipinski definition) is 9. The first kappa shape index (κ1) is 32.6. The molecule has 3 amide bonds.